The van der Waals surface area contributed by atoms with Crippen LogP contribution in [-0.2, 0) is 17.6 Å². The van der Waals surface area contributed by atoms with E-state index in [1.165, 1.54) is 9.20 Å². The first-order valence-corrected chi connectivity index (χ1v) is 10.8. The van der Waals surface area contributed by atoms with E-state index < -0.39 is 5.60 Å². The van der Waals surface area contributed by atoms with E-state index in [1.54, 1.807) is 19.9 Å². The van der Waals surface area contributed by atoms with Gasteiger partial charge in [0.15, 0.2) is 11.4 Å². The van der Waals surface area contributed by atoms with Crippen LogP contribution in [0.2, 0.25) is 0 Å². The normalized spacial score (nSPS) is 12.0. The molecular formula is C24H34ClN5O3. The van der Waals surface area contributed by atoms with Gasteiger partial charge in [-0.05, 0) is 63.3 Å². The summed E-state index contributed by atoms with van der Waals surface area (Å²) in [7, 11) is 0. The summed E-state index contributed by atoms with van der Waals surface area (Å²) < 4.78 is 8.33. The fourth-order valence-electron chi connectivity index (χ4n) is 3.42. The predicted octanol–water partition coefficient (Wildman–Crippen LogP) is 3.86. The summed E-state index contributed by atoms with van der Waals surface area (Å²) in [4.78, 5) is 13.2. The highest BCUT2D eigenvalue weighted by molar-refractivity contribution is 5.96. The number of nitrogens with zero attached hydrogens (tertiary/aromatic N) is 4. The molecule has 0 fully saturated rings. The third-order valence-corrected chi connectivity index (χ3v) is 5.67. The maximum Gasteiger partial charge on any atom is 0.242 e. The average Bonchev–Trinajstić information content (AvgIpc) is 3.00. The number of rotatable bonds is 6. The number of ketones is 1. The monoisotopic (exact) mass is 475 g/mol. The number of aryl methyl sites for hydroxylation is 1. The molecule has 8 nitrogen and oxygen atoms in total. The van der Waals surface area contributed by atoms with Gasteiger partial charge in [0.25, 0.3) is 0 Å². The summed E-state index contributed by atoms with van der Waals surface area (Å²) in [5, 5.41) is 27.9. The van der Waals surface area contributed by atoms with Crippen LogP contribution in [0.1, 0.15) is 74.2 Å². The number of carbonyl (C=O) groups is 1. The second kappa shape index (κ2) is 9.27. The Balaban J connectivity index is 0.00000385. The Hall–Kier alpha value is -2.71. The molecule has 0 aliphatic rings. The molecule has 0 saturated carbocycles. The van der Waals surface area contributed by atoms with Crippen molar-refractivity contribution in [2.45, 2.75) is 73.0 Å². The number of nitrogens with one attached hydrogen (secondary N) is 1. The largest absolute Gasteiger partial charge is 0.477 e. The lowest BCUT2D eigenvalue weighted by Gasteiger charge is -2.25. The first-order valence-electron chi connectivity index (χ1n) is 10.8. The molecule has 2 N–H and O–H groups in total. The van der Waals surface area contributed by atoms with E-state index in [-0.39, 0.29) is 35.8 Å². The van der Waals surface area contributed by atoms with E-state index >= 15 is 0 Å². The summed E-state index contributed by atoms with van der Waals surface area (Å²) >= 11 is 0. The Morgan fingerprint density at radius 1 is 1.06 bits per heavy atom. The predicted molar refractivity (Wildman–Crippen MR) is 129 cm³/mol. The Bertz CT molecular complexity index is 1210. The first-order chi connectivity index (χ1) is 14.7. The first kappa shape index (κ1) is 26.5. The van der Waals surface area contributed by atoms with E-state index in [0.29, 0.717) is 29.3 Å². The van der Waals surface area contributed by atoms with Crippen molar-refractivity contribution in [3.8, 4) is 5.88 Å². The molecule has 2 heterocycles. The number of fused-ring (bicyclic) bond motifs is 1. The zero-order valence-corrected chi connectivity index (χ0v) is 21.4. The van der Waals surface area contributed by atoms with Crippen LogP contribution < -0.4 is 10.4 Å². The van der Waals surface area contributed by atoms with Crippen molar-refractivity contribution in [1.29, 1.82) is 5.41 Å². The van der Waals surface area contributed by atoms with Crippen LogP contribution in [0.15, 0.2) is 18.2 Å². The number of Topliss-reactive ketones (excluding diaryl/α,β-unsaturated/α-hetero) is 1. The lowest BCUT2D eigenvalue weighted by molar-refractivity contribution is 0.0783. The minimum Gasteiger partial charge on any atom is -0.477 e. The van der Waals surface area contributed by atoms with Crippen LogP contribution in [0.5, 0.6) is 5.88 Å². The lowest BCUT2D eigenvalue weighted by atomic mass is 9.82. The quantitative estimate of drug-likeness (QED) is 0.526. The van der Waals surface area contributed by atoms with Crippen molar-refractivity contribution in [1.82, 2.24) is 19.4 Å². The molecule has 0 atom stereocenters. The molecule has 2 aromatic heterocycles. The van der Waals surface area contributed by atoms with E-state index in [9.17, 15) is 9.90 Å². The second-order valence-electron chi connectivity index (χ2n) is 9.74. The standard InChI is InChI=1S/C24H33N5O3.ClH/c1-9-32-21-15(3)14(2)20-26-28(22(25)29(20)27-21)13-19(30)16-10-17(23(4,5)6)12-18(11-16)24(7,8)31;/h10-12,25,31H,9,13H2,1-8H3;1H. The van der Waals surface area contributed by atoms with Gasteiger partial charge in [-0.3, -0.25) is 10.2 Å². The Morgan fingerprint density at radius 2 is 1.67 bits per heavy atom. The number of hydrogen-bond acceptors (Lipinski definition) is 6. The number of halogens is 1. The lowest BCUT2D eigenvalue weighted by Crippen LogP contribution is -2.27. The maximum atomic E-state index is 13.2. The molecule has 0 bridgehead atoms. The van der Waals surface area contributed by atoms with Gasteiger partial charge in [0.1, 0.15) is 6.54 Å². The highest BCUT2D eigenvalue weighted by Gasteiger charge is 2.24. The van der Waals surface area contributed by atoms with Crippen LogP contribution in [0, 0.1) is 19.3 Å². The van der Waals surface area contributed by atoms with E-state index in [1.807, 2.05) is 32.9 Å². The molecule has 0 amide bonds. The summed E-state index contributed by atoms with van der Waals surface area (Å²) in [6, 6.07) is 5.52. The van der Waals surface area contributed by atoms with Crippen LogP contribution in [0.3, 0.4) is 0 Å². The molecule has 0 unspecified atom stereocenters. The molecule has 0 saturated heterocycles. The maximum absolute atomic E-state index is 13.2. The van der Waals surface area contributed by atoms with Gasteiger partial charge in [0.05, 0.1) is 12.2 Å². The summed E-state index contributed by atoms with van der Waals surface area (Å²) in [5.41, 5.74) is 3.06. The highest BCUT2D eigenvalue weighted by Crippen LogP contribution is 2.29. The Kier molecular flexibility index (Phi) is 7.45. The zero-order chi connectivity index (χ0) is 24.0. The third-order valence-electron chi connectivity index (χ3n) is 5.67. The molecule has 0 aliphatic heterocycles. The minimum absolute atomic E-state index is 0. The third kappa shape index (κ3) is 5.28. The van der Waals surface area contributed by atoms with E-state index in [4.69, 9.17) is 10.1 Å². The molecule has 33 heavy (non-hydrogen) atoms. The van der Waals surface area contributed by atoms with Crippen molar-refractivity contribution in [2.75, 3.05) is 6.61 Å². The van der Waals surface area contributed by atoms with Gasteiger partial charge >= 0.3 is 0 Å². The van der Waals surface area contributed by atoms with Gasteiger partial charge in [-0.2, -0.15) is 4.52 Å². The molecule has 0 spiro atoms. The molecular weight excluding hydrogens is 442 g/mol. The van der Waals surface area contributed by atoms with E-state index in [2.05, 4.69) is 31.0 Å². The SMILES string of the molecule is CCOc1nn2c(=N)n(CC(=O)c3cc(C(C)(C)C)cc(C(C)(C)O)c3)nc2c(C)c1C.Cl. The van der Waals surface area contributed by atoms with Gasteiger partial charge in [-0.15, -0.1) is 22.6 Å². The molecule has 0 aliphatic carbocycles. The summed E-state index contributed by atoms with van der Waals surface area (Å²) in [6.45, 7) is 15.6. The molecule has 3 aromatic rings. The van der Waals surface area contributed by atoms with Gasteiger partial charge in [0.2, 0.25) is 11.5 Å². The topological polar surface area (TPSA) is 106 Å². The van der Waals surface area contributed by atoms with E-state index in [0.717, 1.165) is 16.7 Å². The molecule has 3 rings (SSSR count). The number of aliphatic hydroxyl groups is 1. The molecule has 1 aromatic carbocycles. The Morgan fingerprint density at radius 3 is 2.21 bits per heavy atom. The number of hydrogen-bond donors (Lipinski definition) is 2. The second-order valence-corrected chi connectivity index (χ2v) is 9.74. The molecule has 180 valence electrons. The number of benzene rings is 1. The highest BCUT2D eigenvalue weighted by atomic mass is 35.5. The van der Waals surface area contributed by atoms with Crippen molar-refractivity contribution < 1.29 is 14.6 Å². The zero-order valence-electron chi connectivity index (χ0n) is 20.6. The van der Waals surface area contributed by atoms with Gasteiger partial charge in [0, 0.05) is 16.7 Å². The van der Waals surface area contributed by atoms with Gasteiger partial charge in [-0.1, -0.05) is 26.8 Å². The number of aromatic nitrogens is 4. The van der Waals surface area contributed by atoms with Crippen molar-refractivity contribution in [3.63, 3.8) is 0 Å². The summed E-state index contributed by atoms with van der Waals surface area (Å²) in [5.74, 6) is 0.262. The van der Waals surface area contributed by atoms with Crippen LogP contribution in [0.4, 0.5) is 0 Å². The molecule has 0 radical (unpaired) electrons. The smallest absolute Gasteiger partial charge is 0.242 e. The van der Waals surface area contributed by atoms with Crippen molar-refractivity contribution >= 4 is 23.8 Å². The fraction of sp³-hybridized carbons (Fsp3) is 0.500. The fourth-order valence-corrected chi connectivity index (χ4v) is 3.42. The van der Waals surface area contributed by atoms with Crippen LogP contribution in [-0.4, -0.2) is 36.9 Å². The molecule has 9 heteroatoms. The number of ether oxygens (including phenoxy) is 1. The van der Waals surface area contributed by atoms with Crippen LogP contribution >= 0.6 is 12.4 Å². The van der Waals surface area contributed by atoms with Crippen LogP contribution in [0.25, 0.3) is 5.65 Å². The average molecular weight is 476 g/mol. The summed E-state index contributed by atoms with van der Waals surface area (Å²) in [6.07, 6.45) is 0. The van der Waals surface area contributed by atoms with Crippen molar-refractivity contribution in [3.05, 3.63) is 51.6 Å². The Labute approximate surface area is 200 Å². The van der Waals surface area contributed by atoms with Gasteiger partial charge in [-0.25, -0.2) is 4.68 Å². The van der Waals surface area contributed by atoms with Gasteiger partial charge < -0.3 is 9.84 Å². The minimum atomic E-state index is -1.08. The van der Waals surface area contributed by atoms with Crippen molar-refractivity contribution in [2.24, 2.45) is 0 Å². The number of carbonyl (C=O) groups excluding carboxylic acids is 1.